The first-order valence-electron chi connectivity index (χ1n) is 10.4. The third kappa shape index (κ3) is 3.67. The first kappa shape index (κ1) is 19.4. The van der Waals surface area contributed by atoms with Crippen molar-refractivity contribution >= 4 is 22.8 Å². The Morgan fingerprint density at radius 1 is 1.13 bits per heavy atom. The number of aryl methyl sites for hydroxylation is 1. The number of carbonyl (C=O) groups is 2. The van der Waals surface area contributed by atoms with Crippen LogP contribution in [0.15, 0.2) is 42.5 Å². The fourth-order valence-electron chi connectivity index (χ4n) is 4.20. The van der Waals surface area contributed by atoms with Crippen molar-refractivity contribution in [2.24, 2.45) is 0 Å². The van der Waals surface area contributed by atoms with Crippen molar-refractivity contribution in [2.45, 2.75) is 32.2 Å². The third-order valence-electron chi connectivity index (χ3n) is 5.73. The van der Waals surface area contributed by atoms with E-state index in [2.05, 4.69) is 10.3 Å². The summed E-state index contributed by atoms with van der Waals surface area (Å²) in [5.41, 5.74) is 4.08. The maximum Gasteiger partial charge on any atom is 0.339 e. The van der Waals surface area contributed by atoms with E-state index in [9.17, 15) is 9.59 Å². The average molecular weight is 418 g/mol. The number of aromatic nitrogens is 1. The van der Waals surface area contributed by atoms with Crippen LogP contribution in [0.4, 0.5) is 0 Å². The maximum absolute atomic E-state index is 12.9. The summed E-state index contributed by atoms with van der Waals surface area (Å²) in [6.07, 6.45) is 2.62. The lowest BCUT2D eigenvalue weighted by Gasteiger charge is -2.16. The molecule has 0 radical (unpaired) electrons. The largest absolute Gasteiger partial charge is 0.454 e. The molecule has 2 aliphatic rings. The van der Waals surface area contributed by atoms with Gasteiger partial charge >= 0.3 is 5.97 Å². The van der Waals surface area contributed by atoms with Gasteiger partial charge in [-0.1, -0.05) is 24.3 Å². The van der Waals surface area contributed by atoms with Crippen molar-refractivity contribution < 1.29 is 23.8 Å². The fourth-order valence-corrected chi connectivity index (χ4v) is 4.20. The number of nitrogens with zero attached hydrogens (tertiary/aromatic N) is 1. The van der Waals surface area contributed by atoms with Crippen molar-refractivity contribution in [2.75, 3.05) is 13.4 Å². The topological polar surface area (TPSA) is 86.8 Å². The second kappa shape index (κ2) is 7.91. The van der Waals surface area contributed by atoms with E-state index in [1.807, 2.05) is 49.4 Å². The molecule has 1 aliphatic heterocycles. The van der Waals surface area contributed by atoms with Crippen molar-refractivity contribution in [3.63, 3.8) is 0 Å². The van der Waals surface area contributed by atoms with Crippen LogP contribution in [0, 0.1) is 0 Å². The molecule has 31 heavy (non-hydrogen) atoms. The number of amides is 1. The summed E-state index contributed by atoms with van der Waals surface area (Å²) < 4.78 is 16.1. The van der Waals surface area contributed by atoms with Crippen LogP contribution >= 0.6 is 0 Å². The van der Waals surface area contributed by atoms with Gasteiger partial charge in [0.1, 0.15) is 0 Å². The molecular weight excluding hydrogens is 396 g/mol. The quantitative estimate of drug-likeness (QED) is 0.639. The number of esters is 1. The lowest BCUT2D eigenvalue weighted by molar-refractivity contribution is -0.124. The molecule has 0 saturated heterocycles. The molecule has 1 aliphatic carbocycles. The van der Waals surface area contributed by atoms with Crippen molar-refractivity contribution in [1.29, 1.82) is 0 Å². The second-order valence-electron chi connectivity index (χ2n) is 7.76. The Morgan fingerprint density at radius 3 is 2.87 bits per heavy atom. The number of pyridine rings is 1. The molecule has 1 amide bonds. The van der Waals surface area contributed by atoms with Crippen LogP contribution in [0.1, 0.15) is 46.6 Å². The number of rotatable bonds is 5. The summed E-state index contributed by atoms with van der Waals surface area (Å²) in [5, 5.41) is 3.62. The van der Waals surface area contributed by atoms with Crippen LogP contribution in [0.3, 0.4) is 0 Å². The number of para-hydroxylation sites is 1. The Kier molecular flexibility index (Phi) is 4.94. The molecule has 0 spiro atoms. The van der Waals surface area contributed by atoms with Gasteiger partial charge in [-0.2, -0.15) is 0 Å². The summed E-state index contributed by atoms with van der Waals surface area (Å²) in [6, 6.07) is 12.8. The average Bonchev–Trinajstić information content (AvgIpc) is 3.44. The molecule has 1 unspecified atom stereocenters. The van der Waals surface area contributed by atoms with Crippen molar-refractivity contribution in [1.82, 2.24) is 10.3 Å². The van der Waals surface area contributed by atoms with E-state index in [1.54, 1.807) is 0 Å². The summed E-state index contributed by atoms with van der Waals surface area (Å²) >= 11 is 0. The fraction of sp³-hybridized carbons (Fsp3) is 0.292. The van der Waals surface area contributed by atoms with Gasteiger partial charge in [-0.15, -0.1) is 0 Å². The monoisotopic (exact) mass is 418 g/mol. The molecule has 158 valence electrons. The normalized spacial score (nSPS) is 14.9. The molecular formula is C24H22N2O5. The Balaban J connectivity index is 1.27. The van der Waals surface area contributed by atoms with Gasteiger partial charge in [0.25, 0.3) is 5.91 Å². The predicted octanol–water partition coefficient (Wildman–Crippen LogP) is 3.49. The van der Waals surface area contributed by atoms with Crippen LogP contribution in [-0.4, -0.2) is 30.3 Å². The van der Waals surface area contributed by atoms with Crippen LogP contribution in [0.5, 0.6) is 11.5 Å². The zero-order chi connectivity index (χ0) is 21.4. The predicted molar refractivity (Wildman–Crippen MR) is 113 cm³/mol. The number of benzene rings is 2. The molecule has 5 rings (SSSR count). The first-order valence-corrected chi connectivity index (χ1v) is 10.4. The molecule has 0 fully saturated rings. The molecule has 1 atom stereocenters. The molecule has 0 saturated carbocycles. The van der Waals surface area contributed by atoms with Gasteiger partial charge in [-0.05, 0) is 55.5 Å². The van der Waals surface area contributed by atoms with Crippen LogP contribution in [0.2, 0.25) is 0 Å². The Labute approximate surface area is 179 Å². The zero-order valence-electron chi connectivity index (χ0n) is 17.1. The molecule has 2 heterocycles. The smallest absolute Gasteiger partial charge is 0.339 e. The molecule has 0 bridgehead atoms. The first-order chi connectivity index (χ1) is 15.1. The highest BCUT2D eigenvalue weighted by molar-refractivity contribution is 6.05. The van der Waals surface area contributed by atoms with Gasteiger partial charge in [0.2, 0.25) is 6.79 Å². The summed E-state index contributed by atoms with van der Waals surface area (Å²) in [7, 11) is 0. The highest BCUT2D eigenvalue weighted by atomic mass is 16.7. The number of hydrogen-bond acceptors (Lipinski definition) is 6. The molecule has 1 N–H and O–H groups in total. The molecule has 7 nitrogen and oxygen atoms in total. The standard InChI is InChI=1S/C24H22N2O5/c1-14(15-9-10-20-21(11-15)31-13-30-20)25-22(27)12-29-24(28)23-16-5-2-3-7-18(16)26-19-8-4-6-17(19)23/h2-3,5,7,9-11,14H,4,6,8,12-13H2,1H3,(H,25,27). The van der Waals surface area contributed by atoms with E-state index in [0.29, 0.717) is 17.1 Å². The van der Waals surface area contributed by atoms with E-state index < -0.39 is 5.97 Å². The number of nitrogens with one attached hydrogen (secondary N) is 1. The van der Waals surface area contributed by atoms with Gasteiger partial charge in [-0.3, -0.25) is 9.78 Å². The number of hydrogen-bond donors (Lipinski definition) is 1. The van der Waals surface area contributed by atoms with Crippen LogP contribution in [-0.2, 0) is 22.4 Å². The van der Waals surface area contributed by atoms with Gasteiger partial charge in [0.15, 0.2) is 18.1 Å². The van der Waals surface area contributed by atoms with E-state index in [0.717, 1.165) is 47.0 Å². The maximum atomic E-state index is 12.9. The summed E-state index contributed by atoms with van der Waals surface area (Å²) in [5.74, 6) is 0.493. The lowest BCUT2D eigenvalue weighted by Crippen LogP contribution is -2.31. The van der Waals surface area contributed by atoms with Crippen molar-refractivity contribution in [3.8, 4) is 11.5 Å². The highest BCUT2D eigenvalue weighted by Crippen LogP contribution is 2.34. The number of carbonyl (C=O) groups excluding carboxylic acids is 2. The SMILES string of the molecule is CC(NC(=O)COC(=O)c1c2c(nc3ccccc13)CCC2)c1ccc2c(c1)OCO2. The minimum Gasteiger partial charge on any atom is -0.454 e. The summed E-state index contributed by atoms with van der Waals surface area (Å²) in [6.45, 7) is 1.71. The Morgan fingerprint density at radius 2 is 1.97 bits per heavy atom. The molecule has 3 aromatic rings. The second-order valence-corrected chi connectivity index (χ2v) is 7.76. The van der Waals surface area contributed by atoms with Crippen LogP contribution in [0.25, 0.3) is 10.9 Å². The van der Waals surface area contributed by atoms with E-state index >= 15 is 0 Å². The lowest BCUT2D eigenvalue weighted by atomic mass is 10.0. The number of ether oxygens (including phenoxy) is 3. The Bertz CT molecular complexity index is 1190. The van der Waals surface area contributed by atoms with Gasteiger partial charge in [0, 0.05) is 11.1 Å². The van der Waals surface area contributed by atoms with E-state index in [4.69, 9.17) is 14.2 Å². The van der Waals surface area contributed by atoms with Gasteiger partial charge in [0.05, 0.1) is 17.1 Å². The number of fused-ring (bicyclic) bond motifs is 3. The van der Waals surface area contributed by atoms with Gasteiger partial charge in [-0.25, -0.2) is 4.79 Å². The third-order valence-corrected chi connectivity index (χ3v) is 5.73. The van der Waals surface area contributed by atoms with E-state index in [-0.39, 0.29) is 25.3 Å². The Hall–Kier alpha value is -3.61. The van der Waals surface area contributed by atoms with Crippen LogP contribution < -0.4 is 14.8 Å². The minimum atomic E-state index is -0.484. The van der Waals surface area contributed by atoms with Crippen molar-refractivity contribution in [3.05, 3.63) is 64.8 Å². The highest BCUT2D eigenvalue weighted by Gasteiger charge is 2.25. The molecule has 7 heteroatoms. The molecule has 2 aromatic carbocycles. The van der Waals surface area contributed by atoms with E-state index in [1.165, 1.54) is 0 Å². The summed E-state index contributed by atoms with van der Waals surface area (Å²) in [4.78, 5) is 30.1. The zero-order valence-corrected chi connectivity index (χ0v) is 17.1. The molecule has 1 aromatic heterocycles. The van der Waals surface area contributed by atoms with Gasteiger partial charge < -0.3 is 19.5 Å². The minimum absolute atomic E-state index is 0.197.